The molecule has 0 unspecified atom stereocenters. The Balaban J connectivity index is 1.54. The number of carbonyl (C=O) groups is 2. The molecule has 2 aromatic carbocycles. The van der Waals surface area contributed by atoms with Gasteiger partial charge in [-0.05, 0) is 37.3 Å². The van der Waals surface area contributed by atoms with Crippen LogP contribution in [0.3, 0.4) is 0 Å². The van der Waals surface area contributed by atoms with Crippen molar-refractivity contribution in [3.05, 3.63) is 81.3 Å². The number of carbonyl (C=O) groups excluding carboxylic acids is 2. The Morgan fingerprint density at radius 3 is 2.67 bits per heavy atom. The van der Waals surface area contributed by atoms with Crippen LogP contribution in [-0.4, -0.2) is 28.5 Å². The van der Waals surface area contributed by atoms with E-state index in [0.717, 1.165) is 6.07 Å². The fourth-order valence-electron chi connectivity index (χ4n) is 2.59. The van der Waals surface area contributed by atoms with E-state index in [9.17, 15) is 24.1 Å². The SMILES string of the molecule is Cc1c(COC(=O)CNC(=O)c2cccc([N+](=O)[O-])c2)noc1-c1ccc(F)cc1. The summed E-state index contributed by atoms with van der Waals surface area (Å²) < 4.78 is 23.4. The molecule has 1 N–H and O–H groups in total. The standard InChI is InChI=1S/C20H16FN3O6/c1-12-17(23-30-19(12)13-5-7-15(21)8-6-13)11-29-18(25)10-22-20(26)14-3-2-4-16(9-14)24(27)28/h2-9H,10-11H2,1H3,(H,22,26). The lowest BCUT2D eigenvalue weighted by Crippen LogP contribution is -2.30. The number of nitro groups is 1. The second-order valence-corrected chi connectivity index (χ2v) is 6.24. The summed E-state index contributed by atoms with van der Waals surface area (Å²) in [6, 6.07) is 10.8. The Bertz CT molecular complexity index is 1090. The first-order valence-electron chi connectivity index (χ1n) is 8.74. The van der Waals surface area contributed by atoms with Gasteiger partial charge in [-0.15, -0.1) is 0 Å². The van der Waals surface area contributed by atoms with E-state index in [1.54, 1.807) is 19.1 Å². The van der Waals surface area contributed by atoms with Crippen molar-refractivity contribution in [1.82, 2.24) is 10.5 Å². The summed E-state index contributed by atoms with van der Waals surface area (Å²) in [7, 11) is 0. The molecule has 9 nitrogen and oxygen atoms in total. The number of ether oxygens (including phenoxy) is 1. The first-order chi connectivity index (χ1) is 14.3. The molecule has 0 saturated heterocycles. The lowest BCUT2D eigenvalue weighted by molar-refractivity contribution is -0.384. The normalized spacial score (nSPS) is 10.5. The largest absolute Gasteiger partial charge is 0.458 e. The molecule has 0 bridgehead atoms. The molecule has 0 radical (unpaired) electrons. The Morgan fingerprint density at radius 1 is 1.23 bits per heavy atom. The maximum Gasteiger partial charge on any atom is 0.325 e. The average Bonchev–Trinajstić information content (AvgIpc) is 3.11. The lowest BCUT2D eigenvalue weighted by atomic mass is 10.1. The molecule has 0 aliphatic rings. The molecule has 1 amide bonds. The van der Waals surface area contributed by atoms with Gasteiger partial charge in [0.2, 0.25) is 0 Å². The minimum absolute atomic E-state index is 0.0493. The van der Waals surface area contributed by atoms with Crippen LogP contribution in [0.2, 0.25) is 0 Å². The molecule has 0 saturated carbocycles. The number of nitrogens with zero attached hydrogens (tertiary/aromatic N) is 2. The summed E-state index contributed by atoms with van der Waals surface area (Å²) in [5.74, 6) is -1.32. The minimum Gasteiger partial charge on any atom is -0.458 e. The third-order valence-corrected chi connectivity index (χ3v) is 4.21. The van der Waals surface area contributed by atoms with Gasteiger partial charge in [0, 0.05) is 28.8 Å². The van der Waals surface area contributed by atoms with E-state index in [1.165, 1.54) is 30.3 Å². The number of benzene rings is 2. The van der Waals surface area contributed by atoms with Crippen LogP contribution in [0.4, 0.5) is 10.1 Å². The van der Waals surface area contributed by atoms with Crippen molar-refractivity contribution in [3.8, 4) is 11.3 Å². The second-order valence-electron chi connectivity index (χ2n) is 6.24. The van der Waals surface area contributed by atoms with E-state index in [-0.39, 0.29) is 23.7 Å². The maximum atomic E-state index is 13.0. The van der Waals surface area contributed by atoms with E-state index in [4.69, 9.17) is 9.26 Å². The summed E-state index contributed by atoms with van der Waals surface area (Å²) in [5.41, 5.74) is 1.46. The molecule has 30 heavy (non-hydrogen) atoms. The fraction of sp³-hybridized carbons (Fsp3) is 0.150. The summed E-state index contributed by atoms with van der Waals surface area (Å²) in [4.78, 5) is 34.1. The average molecular weight is 413 g/mol. The van der Waals surface area contributed by atoms with E-state index < -0.39 is 23.3 Å². The number of nitrogens with one attached hydrogen (secondary N) is 1. The van der Waals surface area contributed by atoms with E-state index >= 15 is 0 Å². The number of aromatic nitrogens is 1. The molecule has 0 fully saturated rings. The number of rotatable bonds is 7. The highest BCUT2D eigenvalue weighted by Crippen LogP contribution is 2.26. The van der Waals surface area contributed by atoms with Gasteiger partial charge in [-0.1, -0.05) is 11.2 Å². The molecular weight excluding hydrogens is 397 g/mol. The number of esters is 1. The highest BCUT2D eigenvalue weighted by Gasteiger charge is 2.17. The van der Waals surface area contributed by atoms with Crippen LogP contribution in [0.15, 0.2) is 53.1 Å². The van der Waals surface area contributed by atoms with E-state index in [1.807, 2.05) is 0 Å². The maximum absolute atomic E-state index is 13.0. The first kappa shape index (κ1) is 20.6. The monoisotopic (exact) mass is 413 g/mol. The van der Waals surface area contributed by atoms with Crippen LogP contribution in [-0.2, 0) is 16.1 Å². The molecular formula is C20H16FN3O6. The van der Waals surface area contributed by atoms with Crippen LogP contribution in [0.25, 0.3) is 11.3 Å². The third-order valence-electron chi connectivity index (χ3n) is 4.21. The summed E-state index contributed by atoms with van der Waals surface area (Å²) in [6.45, 7) is 1.12. The van der Waals surface area contributed by atoms with Crippen molar-refractivity contribution in [3.63, 3.8) is 0 Å². The Kier molecular flexibility index (Phi) is 6.16. The first-order valence-corrected chi connectivity index (χ1v) is 8.74. The predicted molar refractivity (Wildman–Crippen MR) is 102 cm³/mol. The molecule has 1 aromatic heterocycles. The van der Waals surface area contributed by atoms with Gasteiger partial charge in [0.25, 0.3) is 11.6 Å². The number of hydrogen-bond acceptors (Lipinski definition) is 7. The molecule has 3 rings (SSSR count). The van der Waals surface area contributed by atoms with Crippen LogP contribution in [0, 0.1) is 22.9 Å². The number of nitro benzene ring substituents is 1. The zero-order valence-corrected chi connectivity index (χ0v) is 15.8. The zero-order chi connectivity index (χ0) is 21.7. The molecule has 0 atom stereocenters. The lowest BCUT2D eigenvalue weighted by Gasteiger charge is -2.06. The Morgan fingerprint density at radius 2 is 1.97 bits per heavy atom. The number of non-ortho nitro benzene ring substituents is 1. The second kappa shape index (κ2) is 8.95. The zero-order valence-electron chi connectivity index (χ0n) is 15.8. The van der Waals surface area contributed by atoms with Crippen LogP contribution in [0.1, 0.15) is 21.6 Å². The number of halogens is 1. The van der Waals surface area contributed by atoms with E-state index in [0.29, 0.717) is 22.6 Å². The third kappa shape index (κ3) is 4.85. The smallest absolute Gasteiger partial charge is 0.325 e. The summed E-state index contributed by atoms with van der Waals surface area (Å²) in [6.07, 6.45) is 0. The molecule has 10 heteroatoms. The number of amides is 1. The topological polar surface area (TPSA) is 125 Å². The molecule has 0 spiro atoms. The van der Waals surface area contributed by atoms with Crippen molar-refractivity contribution in [1.29, 1.82) is 0 Å². The van der Waals surface area contributed by atoms with Crippen LogP contribution >= 0.6 is 0 Å². The predicted octanol–water partition coefficient (Wildman–Crippen LogP) is 3.17. The van der Waals surface area contributed by atoms with Gasteiger partial charge < -0.3 is 14.6 Å². The Labute approximate surface area is 169 Å². The van der Waals surface area contributed by atoms with Gasteiger partial charge in [-0.3, -0.25) is 19.7 Å². The number of hydrogen-bond donors (Lipinski definition) is 1. The van der Waals surface area contributed by atoms with Gasteiger partial charge in [-0.25, -0.2) is 4.39 Å². The van der Waals surface area contributed by atoms with Gasteiger partial charge in [-0.2, -0.15) is 0 Å². The van der Waals surface area contributed by atoms with Crippen molar-refractivity contribution in [2.24, 2.45) is 0 Å². The molecule has 0 aliphatic carbocycles. The summed E-state index contributed by atoms with van der Waals surface area (Å²) in [5, 5.41) is 17.0. The molecule has 0 aliphatic heterocycles. The fourth-order valence-corrected chi connectivity index (χ4v) is 2.59. The van der Waals surface area contributed by atoms with Gasteiger partial charge in [0.15, 0.2) is 5.76 Å². The van der Waals surface area contributed by atoms with Crippen molar-refractivity contribution < 1.29 is 28.2 Å². The quantitative estimate of drug-likeness (QED) is 0.358. The molecule has 3 aromatic rings. The highest BCUT2D eigenvalue weighted by atomic mass is 19.1. The van der Waals surface area contributed by atoms with Crippen molar-refractivity contribution in [2.45, 2.75) is 13.5 Å². The Hall–Kier alpha value is -4.08. The van der Waals surface area contributed by atoms with Gasteiger partial charge in [0.05, 0.1) is 4.92 Å². The van der Waals surface area contributed by atoms with Crippen molar-refractivity contribution in [2.75, 3.05) is 6.54 Å². The van der Waals surface area contributed by atoms with Gasteiger partial charge >= 0.3 is 5.97 Å². The molecule has 154 valence electrons. The van der Waals surface area contributed by atoms with E-state index in [2.05, 4.69) is 10.5 Å². The molecule has 1 heterocycles. The minimum atomic E-state index is -0.723. The highest BCUT2D eigenvalue weighted by molar-refractivity contribution is 5.96. The van der Waals surface area contributed by atoms with Crippen LogP contribution in [0.5, 0.6) is 0 Å². The van der Waals surface area contributed by atoms with Gasteiger partial charge in [0.1, 0.15) is 24.7 Å². The summed E-state index contributed by atoms with van der Waals surface area (Å²) >= 11 is 0. The van der Waals surface area contributed by atoms with Crippen molar-refractivity contribution >= 4 is 17.6 Å². The van der Waals surface area contributed by atoms with Crippen LogP contribution < -0.4 is 5.32 Å².